The summed E-state index contributed by atoms with van der Waals surface area (Å²) in [5, 5.41) is 3.95. The van der Waals surface area contributed by atoms with E-state index < -0.39 is 0 Å². The molecule has 138 valence electrons. The zero-order chi connectivity index (χ0) is 18.7. The molecule has 0 radical (unpaired) electrons. The Bertz CT molecular complexity index is 840. The molecule has 1 amide bonds. The fourth-order valence-electron chi connectivity index (χ4n) is 3.64. The molecule has 4 nitrogen and oxygen atoms in total. The van der Waals surface area contributed by atoms with E-state index >= 15 is 0 Å². The van der Waals surface area contributed by atoms with Gasteiger partial charge < -0.3 is 9.73 Å². The summed E-state index contributed by atoms with van der Waals surface area (Å²) in [6.45, 7) is 11.0. The van der Waals surface area contributed by atoms with E-state index in [1.807, 2.05) is 31.4 Å². The van der Waals surface area contributed by atoms with Gasteiger partial charge in [-0.15, -0.1) is 0 Å². The van der Waals surface area contributed by atoms with Crippen molar-refractivity contribution < 1.29 is 9.21 Å². The van der Waals surface area contributed by atoms with Gasteiger partial charge in [-0.1, -0.05) is 12.8 Å². The van der Waals surface area contributed by atoms with Crippen molar-refractivity contribution in [1.29, 1.82) is 0 Å². The number of nitrogens with zero attached hydrogens (tertiary/aromatic N) is 1. The number of benzene rings is 1. The van der Waals surface area contributed by atoms with Crippen molar-refractivity contribution in [3.05, 3.63) is 30.0 Å². The molecule has 0 saturated carbocycles. The Morgan fingerprint density at radius 1 is 1.31 bits per heavy atom. The number of likely N-dealkylation sites (tertiary alicyclic amines) is 1. The van der Waals surface area contributed by atoms with Gasteiger partial charge in [0, 0.05) is 28.6 Å². The molecule has 2 aromatic rings. The average Bonchev–Trinajstić information content (AvgIpc) is 3.02. The van der Waals surface area contributed by atoms with Crippen molar-refractivity contribution >= 4 is 22.6 Å². The molecular formula is C22H28N2O2. The molecule has 26 heavy (non-hydrogen) atoms. The van der Waals surface area contributed by atoms with Crippen LogP contribution in [-0.2, 0) is 4.79 Å². The third-order valence-electron chi connectivity index (χ3n) is 5.12. The second-order valence-corrected chi connectivity index (χ2v) is 7.94. The van der Waals surface area contributed by atoms with E-state index in [2.05, 4.69) is 42.8 Å². The zero-order valence-electron chi connectivity index (χ0n) is 16.2. The molecule has 0 atom stereocenters. The topological polar surface area (TPSA) is 45.5 Å². The zero-order valence-corrected chi connectivity index (χ0v) is 16.2. The Kier molecular flexibility index (Phi) is 5.38. The first-order chi connectivity index (χ1) is 12.4. The molecule has 0 spiro atoms. The van der Waals surface area contributed by atoms with Crippen LogP contribution in [0.3, 0.4) is 0 Å². The number of carbonyl (C=O) groups is 1. The van der Waals surface area contributed by atoms with Gasteiger partial charge in [-0.25, -0.2) is 0 Å². The number of fused-ring (bicyclic) bond motifs is 1. The maximum absolute atomic E-state index is 11.8. The Hall–Kier alpha value is -2.25. The highest BCUT2D eigenvalue weighted by Crippen LogP contribution is 2.36. The van der Waals surface area contributed by atoms with E-state index in [4.69, 9.17) is 4.42 Å². The van der Waals surface area contributed by atoms with Gasteiger partial charge in [0.15, 0.2) is 0 Å². The lowest BCUT2D eigenvalue weighted by Crippen LogP contribution is -2.45. The third kappa shape index (κ3) is 4.11. The first-order valence-electron chi connectivity index (χ1n) is 9.44. The van der Waals surface area contributed by atoms with Crippen LogP contribution in [0, 0.1) is 11.8 Å². The summed E-state index contributed by atoms with van der Waals surface area (Å²) in [5.74, 6) is 5.62. The van der Waals surface area contributed by atoms with E-state index in [1.54, 1.807) is 0 Å². The number of furan rings is 1. The molecule has 3 rings (SSSR count). The van der Waals surface area contributed by atoms with Crippen LogP contribution in [0.2, 0.25) is 0 Å². The Labute approximate surface area is 155 Å². The summed E-state index contributed by atoms with van der Waals surface area (Å²) in [6, 6.07) is 5.80. The first kappa shape index (κ1) is 18.5. The Balaban J connectivity index is 1.78. The fraction of sp³-hybridized carbons (Fsp3) is 0.500. The van der Waals surface area contributed by atoms with Gasteiger partial charge >= 0.3 is 0 Å². The number of hydrogen-bond acceptors (Lipinski definition) is 3. The van der Waals surface area contributed by atoms with Crippen molar-refractivity contribution in [2.45, 2.75) is 58.4 Å². The number of hydrogen-bond donors (Lipinski definition) is 1. The van der Waals surface area contributed by atoms with Crippen LogP contribution < -0.4 is 5.32 Å². The first-order valence-corrected chi connectivity index (χ1v) is 9.44. The SMILES string of the molecule is CCC#CC(=O)Nc1ccc2occ(C3CCN(C(C)(C)C)CC3)c2c1. The van der Waals surface area contributed by atoms with E-state index in [9.17, 15) is 4.79 Å². The largest absolute Gasteiger partial charge is 0.464 e. The van der Waals surface area contributed by atoms with Crippen LogP contribution >= 0.6 is 0 Å². The van der Waals surface area contributed by atoms with Crippen LogP contribution in [-0.4, -0.2) is 29.4 Å². The summed E-state index contributed by atoms with van der Waals surface area (Å²) >= 11 is 0. The van der Waals surface area contributed by atoms with Gasteiger partial charge in [0.25, 0.3) is 5.91 Å². The molecule has 0 aliphatic carbocycles. The van der Waals surface area contributed by atoms with Gasteiger partial charge in [0.2, 0.25) is 0 Å². The summed E-state index contributed by atoms with van der Waals surface area (Å²) in [6.07, 6.45) is 4.82. The van der Waals surface area contributed by atoms with Gasteiger partial charge in [0.05, 0.1) is 6.26 Å². The summed E-state index contributed by atoms with van der Waals surface area (Å²) in [5.41, 5.74) is 3.11. The average molecular weight is 352 g/mol. The molecular weight excluding hydrogens is 324 g/mol. The standard InChI is InChI=1S/C22H28N2O2/c1-5-6-7-21(25)23-17-8-9-20-18(14-17)19(15-26-20)16-10-12-24(13-11-16)22(2,3)4/h8-9,14-16H,5,10-13H2,1-4H3,(H,23,25). The maximum Gasteiger partial charge on any atom is 0.300 e. The molecule has 2 heterocycles. The number of anilines is 1. The highest BCUT2D eigenvalue weighted by molar-refractivity contribution is 6.04. The van der Waals surface area contributed by atoms with Gasteiger partial charge in [-0.3, -0.25) is 9.69 Å². The maximum atomic E-state index is 11.8. The number of nitrogens with one attached hydrogen (secondary N) is 1. The molecule has 1 saturated heterocycles. The minimum absolute atomic E-state index is 0.223. The van der Waals surface area contributed by atoms with Crippen molar-refractivity contribution in [2.75, 3.05) is 18.4 Å². The predicted octanol–water partition coefficient (Wildman–Crippen LogP) is 4.76. The molecule has 1 N–H and O–H groups in total. The monoisotopic (exact) mass is 352 g/mol. The lowest BCUT2D eigenvalue weighted by Gasteiger charge is -2.40. The molecule has 1 aliphatic rings. The minimum atomic E-state index is -0.269. The smallest absolute Gasteiger partial charge is 0.300 e. The fourth-order valence-corrected chi connectivity index (χ4v) is 3.64. The summed E-state index contributed by atoms with van der Waals surface area (Å²) in [4.78, 5) is 14.4. The van der Waals surface area contributed by atoms with Gasteiger partial charge in [-0.2, -0.15) is 0 Å². The van der Waals surface area contributed by atoms with E-state index in [-0.39, 0.29) is 11.4 Å². The van der Waals surface area contributed by atoms with E-state index in [0.29, 0.717) is 12.3 Å². The van der Waals surface area contributed by atoms with E-state index in [0.717, 1.165) is 42.6 Å². The second kappa shape index (κ2) is 7.55. The third-order valence-corrected chi connectivity index (χ3v) is 5.12. The Morgan fingerprint density at radius 2 is 2.04 bits per heavy atom. The molecule has 1 aromatic carbocycles. The predicted molar refractivity (Wildman–Crippen MR) is 106 cm³/mol. The molecule has 4 heteroatoms. The minimum Gasteiger partial charge on any atom is -0.464 e. The van der Waals surface area contributed by atoms with Crippen LogP contribution in [0.4, 0.5) is 5.69 Å². The van der Waals surface area contributed by atoms with Gasteiger partial charge in [-0.05, 0) is 76.7 Å². The number of amides is 1. The van der Waals surface area contributed by atoms with Crippen LogP contribution in [0.15, 0.2) is 28.9 Å². The number of rotatable bonds is 2. The van der Waals surface area contributed by atoms with Gasteiger partial charge in [0.1, 0.15) is 5.58 Å². The highest BCUT2D eigenvalue weighted by atomic mass is 16.3. The lowest BCUT2D eigenvalue weighted by atomic mass is 9.87. The number of carbonyl (C=O) groups excluding carboxylic acids is 1. The van der Waals surface area contributed by atoms with Crippen LogP contribution in [0.1, 0.15) is 58.4 Å². The van der Waals surface area contributed by atoms with E-state index in [1.165, 1.54) is 5.56 Å². The van der Waals surface area contributed by atoms with Crippen molar-refractivity contribution in [3.63, 3.8) is 0 Å². The van der Waals surface area contributed by atoms with Crippen molar-refractivity contribution in [3.8, 4) is 11.8 Å². The van der Waals surface area contributed by atoms with Crippen LogP contribution in [0.5, 0.6) is 0 Å². The van der Waals surface area contributed by atoms with Crippen molar-refractivity contribution in [1.82, 2.24) is 4.90 Å². The molecule has 0 unspecified atom stereocenters. The molecule has 1 fully saturated rings. The molecule has 1 aliphatic heterocycles. The highest BCUT2D eigenvalue weighted by Gasteiger charge is 2.29. The quantitative estimate of drug-likeness (QED) is 0.793. The summed E-state index contributed by atoms with van der Waals surface area (Å²) in [7, 11) is 0. The summed E-state index contributed by atoms with van der Waals surface area (Å²) < 4.78 is 5.77. The Morgan fingerprint density at radius 3 is 2.69 bits per heavy atom. The second-order valence-electron chi connectivity index (χ2n) is 7.94. The van der Waals surface area contributed by atoms with Crippen molar-refractivity contribution in [2.24, 2.45) is 0 Å². The normalized spacial score (nSPS) is 16.3. The molecule has 1 aromatic heterocycles. The lowest BCUT2D eigenvalue weighted by molar-refractivity contribution is -0.111. The molecule has 0 bridgehead atoms. The van der Waals surface area contributed by atoms with Crippen LogP contribution in [0.25, 0.3) is 11.0 Å². The number of piperidine rings is 1.